The Labute approximate surface area is 135 Å². The van der Waals surface area contributed by atoms with Crippen LogP contribution in [0.1, 0.15) is 18.4 Å². The van der Waals surface area contributed by atoms with E-state index in [9.17, 15) is 8.78 Å². The average molecular weight is 349 g/mol. The molecule has 0 spiro atoms. The minimum Gasteiger partial charge on any atom is -0.477 e. The molecule has 1 aromatic heterocycles. The molecule has 2 atom stereocenters. The number of nitrogens with one attached hydrogen (secondary N) is 1. The number of nitrogens with zero attached hydrogens (tertiary/aromatic N) is 1. The van der Waals surface area contributed by atoms with E-state index in [-0.39, 0.29) is 21.7 Å². The molecule has 118 valence electrons. The predicted octanol–water partition coefficient (Wildman–Crippen LogP) is 3.99. The van der Waals surface area contributed by atoms with Crippen LogP contribution >= 0.6 is 23.2 Å². The van der Waals surface area contributed by atoms with Crippen LogP contribution in [-0.2, 0) is 0 Å². The molecule has 2 aromatic rings. The summed E-state index contributed by atoms with van der Waals surface area (Å²) >= 11 is 11.7. The largest absolute Gasteiger partial charge is 0.477 e. The number of benzene rings is 1. The first-order valence-electron chi connectivity index (χ1n) is 6.67. The van der Waals surface area contributed by atoms with E-state index in [1.165, 1.54) is 12.5 Å². The second kappa shape index (κ2) is 6.40. The van der Waals surface area contributed by atoms with E-state index in [2.05, 4.69) is 10.3 Å². The summed E-state index contributed by atoms with van der Waals surface area (Å²) in [4.78, 5) is 4.07. The highest BCUT2D eigenvalue weighted by Crippen LogP contribution is 2.41. The molecule has 22 heavy (non-hydrogen) atoms. The van der Waals surface area contributed by atoms with Crippen LogP contribution in [0.4, 0.5) is 8.78 Å². The Kier molecular flexibility index (Phi) is 4.52. The lowest BCUT2D eigenvalue weighted by Crippen LogP contribution is -2.22. The van der Waals surface area contributed by atoms with Gasteiger partial charge in [-0.25, -0.2) is 13.8 Å². The van der Waals surface area contributed by atoms with Gasteiger partial charge < -0.3 is 14.5 Å². The molecule has 1 N–H and O–H groups in total. The molecule has 0 bridgehead atoms. The highest BCUT2D eigenvalue weighted by molar-refractivity contribution is 6.37. The summed E-state index contributed by atoms with van der Waals surface area (Å²) < 4.78 is 38.3. The summed E-state index contributed by atoms with van der Waals surface area (Å²) in [7, 11) is 0. The van der Waals surface area contributed by atoms with Crippen LogP contribution in [0.25, 0.3) is 0 Å². The minimum absolute atomic E-state index is 0.0251. The standard InChI is InChI=1S/C14H12Cl2F2N2O2/c15-10-8(17)5-9(18)11(16)13(10)22-12(7-1-2-19-6-7)14-20-3-4-21-14/h3-5,7,12,19H,1-2,6H2. The smallest absolute Gasteiger partial charge is 0.235 e. The number of hydrogen-bond donors (Lipinski definition) is 1. The summed E-state index contributed by atoms with van der Waals surface area (Å²) in [5, 5.41) is 2.46. The van der Waals surface area contributed by atoms with Gasteiger partial charge in [0.2, 0.25) is 5.89 Å². The van der Waals surface area contributed by atoms with Gasteiger partial charge in [0.05, 0.1) is 6.20 Å². The second-order valence-electron chi connectivity index (χ2n) is 4.96. The number of halogens is 4. The molecule has 1 aliphatic heterocycles. The molecule has 2 unspecified atom stereocenters. The van der Waals surface area contributed by atoms with E-state index in [1.54, 1.807) is 0 Å². The van der Waals surface area contributed by atoms with E-state index in [1.807, 2.05) is 0 Å². The van der Waals surface area contributed by atoms with Crippen molar-refractivity contribution in [2.45, 2.75) is 12.5 Å². The summed E-state index contributed by atoms with van der Waals surface area (Å²) in [5.41, 5.74) is 0. The van der Waals surface area contributed by atoms with Crippen LogP contribution in [0, 0.1) is 17.6 Å². The van der Waals surface area contributed by atoms with Gasteiger partial charge in [0.25, 0.3) is 0 Å². The summed E-state index contributed by atoms with van der Waals surface area (Å²) in [6.07, 6.45) is 3.05. The first-order chi connectivity index (χ1) is 10.6. The summed E-state index contributed by atoms with van der Waals surface area (Å²) in [6.45, 7) is 1.48. The van der Waals surface area contributed by atoms with Gasteiger partial charge in [0.1, 0.15) is 27.9 Å². The third kappa shape index (κ3) is 2.91. The molecule has 1 fully saturated rings. The fraction of sp³-hybridized carbons (Fsp3) is 0.357. The van der Waals surface area contributed by atoms with Crippen molar-refractivity contribution in [3.63, 3.8) is 0 Å². The fourth-order valence-electron chi connectivity index (χ4n) is 2.44. The van der Waals surface area contributed by atoms with Gasteiger partial charge in [0.15, 0.2) is 11.9 Å². The van der Waals surface area contributed by atoms with Gasteiger partial charge in [-0.1, -0.05) is 23.2 Å². The van der Waals surface area contributed by atoms with Crippen molar-refractivity contribution < 1.29 is 17.9 Å². The van der Waals surface area contributed by atoms with Crippen molar-refractivity contribution in [2.75, 3.05) is 13.1 Å². The molecule has 4 nitrogen and oxygen atoms in total. The fourth-order valence-corrected chi connectivity index (χ4v) is 2.88. The quantitative estimate of drug-likeness (QED) is 0.848. The number of hydrogen-bond acceptors (Lipinski definition) is 4. The second-order valence-corrected chi connectivity index (χ2v) is 5.71. The van der Waals surface area contributed by atoms with Gasteiger partial charge in [0, 0.05) is 18.5 Å². The van der Waals surface area contributed by atoms with Crippen LogP contribution in [0.5, 0.6) is 5.75 Å². The van der Waals surface area contributed by atoms with Crippen molar-refractivity contribution in [1.82, 2.24) is 10.3 Å². The molecule has 8 heteroatoms. The van der Waals surface area contributed by atoms with Crippen molar-refractivity contribution in [1.29, 1.82) is 0 Å². The number of oxazole rings is 1. The van der Waals surface area contributed by atoms with Crippen LogP contribution in [0.2, 0.25) is 10.0 Å². The van der Waals surface area contributed by atoms with Gasteiger partial charge in [-0.15, -0.1) is 0 Å². The Balaban J connectivity index is 1.97. The Hall–Kier alpha value is -1.37. The molecule has 3 rings (SSSR count). The highest BCUT2D eigenvalue weighted by atomic mass is 35.5. The van der Waals surface area contributed by atoms with Crippen LogP contribution in [0.15, 0.2) is 22.9 Å². The van der Waals surface area contributed by atoms with E-state index in [0.29, 0.717) is 18.5 Å². The monoisotopic (exact) mass is 348 g/mol. The first kappa shape index (κ1) is 15.5. The normalized spacial score (nSPS) is 19.4. The third-order valence-corrected chi connectivity index (χ3v) is 4.24. The zero-order chi connectivity index (χ0) is 15.7. The van der Waals surface area contributed by atoms with Crippen molar-refractivity contribution >= 4 is 23.2 Å². The maximum Gasteiger partial charge on any atom is 0.235 e. The maximum absolute atomic E-state index is 13.6. The molecule has 0 amide bonds. The Morgan fingerprint density at radius 3 is 2.59 bits per heavy atom. The molecular weight excluding hydrogens is 337 g/mol. The molecule has 0 saturated carbocycles. The zero-order valence-electron chi connectivity index (χ0n) is 11.3. The zero-order valence-corrected chi connectivity index (χ0v) is 12.8. The Morgan fingerprint density at radius 1 is 1.32 bits per heavy atom. The predicted molar refractivity (Wildman–Crippen MR) is 77.2 cm³/mol. The molecule has 2 heterocycles. The van der Waals surface area contributed by atoms with Crippen molar-refractivity contribution in [3.05, 3.63) is 46.1 Å². The number of aromatic nitrogens is 1. The van der Waals surface area contributed by atoms with Crippen molar-refractivity contribution in [3.8, 4) is 5.75 Å². The SMILES string of the molecule is Fc1cc(F)c(Cl)c(OC(c2ncco2)C2CCNC2)c1Cl. The molecular formula is C14H12Cl2F2N2O2. The topological polar surface area (TPSA) is 47.3 Å². The van der Waals surface area contributed by atoms with Crippen LogP contribution in [0.3, 0.4) is 0 Å². The molecule has 1 saturated heterocycles. The van der Waals surface area contributed by atoms with E-state index in [0.717, 1.165) is 13.0 Å². The van der Waals surface area contributed by atoms with Gasteiger partial charge in [-0.05, 0) is 13.0 Å². The molecule has 1 aromatic carbocycles. The number of rotatable bonds is 4. The first-order valence-corrected chi connectivity index (χ1v) is 7.43. The Bertz CT molecular complexity index is 635. The van der Waals surface area contributed by atoms with Crippen LogP contribution < -0.4 is 10.1 Å². The lowest BCUT2D eigenvalue weighted by atomic mass is 10.0. The summed E-state index contributed by atoms with van der Waals surface area (Å²) in [5.74, 6) is -1.78. The van der Waals surface area contributed by atoms with Gasteiger partial charge >= 0.3 is 0 Å². The molecule has 0 aliphatic carbocycles. The van der Waals surface area contributed by atoms with E-state index >= 15 is 0 Å². The molecule has 0 radical (unpaired) electrons. The van der Waals surface area contributed by atoms with Crippen molar-refractivity contribution in [2.24, 2.45) is 5.92 Å². The lowest BCUT2D eigenvalue weighted by molar-refractivity contribution is 0.113. The van der Waals surface area contributed by atoms with Gasteiger partial charge in [-0.3, -0.25) is 0 Å². The lowest BCUT2D eigenvalue weighted by Gasteiger charge is -2.23. The van der Waals surface area contributed by atoms with E-state index in [4.69, 9.17) is 32.4 Å². The molecule has 1 aliphatic rings. The average Bonchev–Trinajstić information content (AvgIpc) is 3.19. The highest BCUT2D eigenvalue weighted by Gasteiger charge is 2.33. The number of ether oxygens (including phenoxy) is 1. The van der Waals surface area contributed by atoms with Crippen LogP contribution in [-0.4, -0.2) is 18.1 Å². The summed E-state index contributed by atoms with van der Waals surface area (Å²) in [6, 6.07) is 0.620. The maximum atomic E-state index is 13.6. The third-order valence-electron chi connectivity index (χ3n) is 3.54. The Morgan fingerprint density at radius 2 is 2.05 bits per heavy atom. The minimum atomic E-state index is -0.936. The van der Waals surface area contributed by atoms with Gasteiger partial charge in [-0.2, -0.15) is 0 Å². The van der Waals surface area contributed by atoms with E-state index < -0.39 is 17.7 Å².